The average Bonchev–Trinajstić information content (AvgIpc) is 1.79. The zero-order valence-electron chi connectivity index (χ0n) is 10.5. The van der Waals surface area contributed by atoms with Gasteiger partial charge in [-0.25, -0.2) is 0 Å². The van der Waals surface area contributed by atoms with Crippen LogP contribution in [0.4, 0.5) is 0 Å². The number of rotatable bonds is 3. The molecule has 0 heterocycles. The second kappa shape index (κ2) is 4.15. The topological polar surface area (TPSA) is 37.3 Å². The van der Waals surface area contributed by atoms with E-state index in [1.54, 1.807) is 13.8 Å². The quantitative estimate of drug-likeness (QED) is 0.737. The molecule has 0 radical (unpaired) electrons. The molecule has 84 valence electrons. The van der Waals surface area contributed by atoms with E-state index in [4.69, 9.17) is 0 Å². The van der Waals surface area contributed by atoms with Crippen LogP contribution in [-0.4, -0.2) is 25.1 Å². The zero-order chi connectivity index (χ0) is 11.7. The van der Waals surface area contributed by atoms with Crippen LogP contribution < -0.4 is 0 Å². The van der Waals surface area contributed by atoms with Crippen LogP contribution >= 0.6 is 0 Å². The van der Waals surface area contributed by atoms with Gasteiger partial charge in [-0.05, 0) is 18.9 Å². The van der Waals surface area contributed by atoms with Gasteiger partial charge in [-0.3, -0.25) is 4.79 Å². The molecule has 0 unspecified atom stereocenters. The van der Waals surface area contributed by atoms with E-state index < -0.39 is 14.2 Å². The Bertz CT molecular complexity index is 214. The molecule has 0 amide bonds. The van der Waals surface area contributed by atoms with Gasteiger partial charge in [0.15, 0.2) is 0 Å². The van der Waals surface area contributed by atoms with E-state index in [9.17, 15) is 9.90 Å². The average molecular weight is 216 g/mol. The highest BCUT2D eigenvalue weighted by Crippen LogP contribution is 2.45. The summed E-state index contributed by atoms with van der Waals surface area (Å²) in [5.74, 6) is 0.131. The van der Waals surface area contributed by atoms with Crippen molar-refractivity contribution in [1.82, 2.24) is 0 Å². The summed E-state index contributed by atoms with van der Waals surface area (Å²) in [6.07, 6.45) is -0.520. The second-order valence-electron chi connectivity index (χ2n) is 5.80. The lowest BCUT2D eigenvalue weighted by Crippen LogP contribution is -2.48. The first-order chi connectivity index (χ1) is 6.01. The Morgan fingerprint density at radius 3 is 1.71 bits per heavy atom. The molecule has 0 aliphatic heterocycles. The lowest BCUT2D eigenvalue weighted by atomic mass is 10.2. The van der Waals surface area contributed by atoms with Gasteiger partial charge in [-0.1, -0.05) is 33.9 Å². The molecule has 0 bridgehead atoms. The largest absolute Gasteiger partial charge is 0.393 e. The standard InChI is InChI=1S/C11H24O2Si/c1-8(12)10(9(2)13)14(6,7)11(3,4)5/h8,10,12H,1-7H3/t8-,10-/m1/s1. The van der Waals surface area contributed by atoms with Crippen LogP contribution in [0.15, 0.2) is 0 Å². The van der Waals surface area contributed by atoms with E-state index in [0.717, 1.165) is 0 Å². The third-order valence-corrected chi connectivity index (χ3v) is 9.94. The highest BCUT2D eigenvalue weighted by Gasteiger charge is 2.46. The van der Waals surface area contributed by atoms with Crippen LogP contribution in [0.3, 0.4) is 0 Å². The summed E-state index contributed by atoms with van der Waals surface area (Å²) in [7, 11) is -1.76. The number of carbonyl (C=O) groups excluding carboxylic acids is 1. The first-order valence-corrected chi connectivity index (χ1v) is 8.28. The summed E-state index contributed by atoms with van der Waals surface area (Å²) >= 11 is 0. The van der Waals surface area contributed by atoms with E-state index in [1.807, 2.05) is 0 Å². The lowest BCUT2D eigenvalue weighted by molar-refractivity contribution is -0.118. The molecule has 2 nitrogen and oxygen atoms in total. The third-order valence-electron chi connectivity index (χ3n) is 3.63. The van der Waals surface area contributed by atoms with E-state index in [2.05, 4.69) is 33.9 Å². The maximum atomic E-state index is 11.6. The Labute approximate surface area is 88.7 Å². The third kappa shape index (κ3) is 2.67. The van der Waals surface area contributed by atoms with Crippen LogP contribution in [-0.2, 0) is 4.79 Å². The summed E-state index contributed by atoms with van der Waals surface area (Å²) in [5.41, 5.74) is -0.150. The van der Waals surface area contributed by atoms with Crippen LogP contribution in [0.25, 0.3) is 0 Å². The van der Waals surface area contributed by atoms with Gasteiger partial charge in [-0.15, -0.1) is 0 Å². The molecule has 3 heteroatoms. The van der Waals surface area contributed by atoms with Gasteiger partial charge in [0.25, 0.3) is 0 Å². The molecule has 0 aromatic carbocycles. The van der Waals surface area contributed by atoms with Gasteiger partial charge in [0.2, 0.25) is 0 Å². The molecular weight excluding hydrogens is 192 g/mol. The van der Waals surface area contributed by atoms with Crippen molar-refractivity contribution >= 4 is 13.9 Å². The van der Waals surface area contributed by atoms with Gasteiger partial charge in [-0.2, -0.15) is 0 Å². The predicted octanol–water partition coefficient (Wildman–Crippen LogP) is 2.83. The van der Waals surface area contributed by atoms with Crippen molar-refractivity contribution in [3.63, 3.8) is 0 Å². The molecule has 0 spiro atoms. The highest BCUT2D eigenvalue weighted by atomic mass is 28.3. The first-order valence-electron chi connectivity index (χ1n) is 5.20. The maximum Gasteiger partial charge on any atom is 0.132 e. The molecule has 1 N–H and O–H groups in total. The molecule has 0 fully saturated rings. The van der Waals surface area contributed by atoms with Crippen molar-refractivity contribution in [3.05, 3.63) is 0 Å². The van der Waals surface area contributed by atoms with Crippen LogP contribution in [0, 0.1) is 0 Å². The van der Waals surface area contributed by atoms with Crippen molar-refractivity contribution in [2.75, 3.05) is 0 Å². The van der Waals surface area contributed by atoms with Gasteiger partial charge >= 0.3 is 0 Å². The fourth-order valence-corrected chi connectivity index (χ4v) is 5.07. The monoisotopic (exact) mass is 216 g/mol. The molecule has 0 rings (SSSR count). The van der Waals surface area contributed by atoms with Crippen LogP contribution in [0.1, 0.15) is 34.6 Å². The van der Waals surface area contributed by atoms with E-state index in [-0.39, 0.29) is 16.4 Å². The summed E-state index contributed by atoms with van der Waals surface area (Å²) in [4.78, 5) is 11.6. The number of ketones is 1. The molecule has 0 aromatic rings. The molecule has 0 aromatic heterocycles. The highest BCUT2D eigenvalue weighted by molar-refractivity contribution is 6.84. The normalized spacial score (nSPS) is 17.7. The van der Waals surface area contributed by atoms with E-state index in [0.29, 0.717) is 0 Å². The Morgan fingerprint density at radius 1 is 1.29 bits per heavy atom. The second-order valence-corrected chi connectivity index (χ2v) is 11.4. The summed E-state index contributed by atoms with van der Waals surface area (Å²) in [6.45, 7) is 14.2. The summed E-state index contributed by atoms with van der Waals surface area (Å²) in [6, 6.07) is 0. The van der Waals surface area contributed by atoms with Crippen molar-refractivity contribution in [1.29, 1.82) is 0 Å². The Morgan fingerprint density at radius 2 is 1.64 bits per heavy atom. The van der Waals surface area contributed by atoms with E-state index >= 15 is 0 Å². The Hall–Kier alpha value is -0.153. The number of aliphatic hydroxyl groups is 1. The Balaban J connectivity index is 5.11. The predicted molar refractivity (Wildman–Crippen MR) is 63.3 cm³/mol. The molecule has 0 aliphatic rings. The van der Waals surface area contributed by atoms with Crippen LogP contribution in [0.5, 0.6) is 0 Å². The Kier molecular flexibility index (Phi) is 4.10. The zero-order valence-corrected chi connectivity index (χ0v) is 11.5. The van der Waals surface area contributed by atoms with Crippen molar-refractivity contribution in [3.8, 4) is 0 Å². The van der Waals surface area contributed by atoms with Crippen LogP contribution in [0.2, 0.25) is 23.7 Å². The number of hydrogen-bond donors (Lipinski definition) is 1. The van der Waals surface area contributed by atoms with E-state index in [1.165, 1.54) is 0 Å². The van der Waals surface area contributed by atoms with Gasteiger partial charge in [0.05, 0.1) is 14.2 Å². The van der Waals surface area contributed by atoms with Crippen molar-refractivity contribution in [2.24, 2.45) is 0 Å². The first kappa shape index (κ1) is 13.8. The van der Waals surface area contributed by atoms with Crippen molar-refractivity contribution < 1.29 is 9.90 Å². The minimum Gasteiger partial charge on any atom is -0.393 e. The molecule has 0 aliphatic carbocycles. The smallest absolute Gasteiger partial charge is 0.132 e. The minimum atomic E-state index is -1.76. The molecule has 0 saturated heterocycles. The fraction of sp³-hybridized carbons (Fsp3) is 0.909. The molecular formula is C11H24O2Si. The summed E-state index contributed by atoms with van der Waals surface area (Å²) < 4.78 is 0. The number of hydrogen-bond acceptors (Lipinski definition) is 2. The molecule has 0 saturated carbocycles. The SMILES string of the molecule is CC(=O)[C@@H]([C@@H](C)O)[Si](C)(C)C(C)(C)C. The fourth-order valence-electron chi connectivity index (χ4n) is 1.92. The maximum absolute atomic E-state index is 11.6. The van der Waals surface area contributed by atoms with Crippen molar-refractivity contribution in [2.45, 2.75) is 64.4 Å². The molecule has 2 atom stereocenters. The molecule has 14 heavy (non-hydrogen) atoms. The lowest BCUT2D eigenvalue weighted by Gasteiger charge is -2.43. The minimum absolute atomic E-state index is 0.131. The summed E-state index contributed by atoms with van der Waals surface area (Å²) in [5, 5.41) is 9.83. The number of carbonyl (C=O) groups is 1. The number of Topliss-reactive ketones (excluding diaryl/α,β-unsaturated/α-hetero) is 1. The van der Waals surface area contributed by atoms with Gasteiger partial charge in [0.1, 0.15) is 5.78 Å². The number of aliphatic hydroxyl groups excluding tert-OH is 1. The van der Waals surface area contributed by atoms with Gasteiger partial charge < -0.3 is 5.11 Å². The van der Waals surface area contributed by atoms with Gasteiger partial charge in [0, 0.05) is 5.54 Å².